The molecule has 0 unspecified atom stereocenters. The molecule has 0 spiro atoms. The van der Waals surface area contributed by atoms with Gasteiger partial charge in [0.25, 0.3) is 5.91 Å². The zero-order valence-electron chi connectivity index (χ0n) is 16.4. The van der Waals surface area contributed by atoms with Crippen LogP contribution in [0.3, 0.4) is 0 Å². The van der Waals surface area contributed by atoms with E-state index in [2.05, 4.69) is 27.0 Å². The molecule has 9 heteroatoms. The molecule has 4 aromatic rings. The molecule has 4 aromatic heterocycles. The van der Waals surface area contributed by atoms with Crippen molar-refractivity contribution in [1.82, 2.24) is 29.5 Å². The molecule has 152 valence electrons. The molecule has 30 heavy (non-hydrogen) atoms. The Kier molecular flexibility index (Phi) is 4.88. The van der Waals surface area contributed by atoms with Crippen LogP contribution >= 0.6 is 11.3 Å². The van der Waals surface area contributed by atoms with Crippen LogP contribution in [-0.4, -0.2) is 54.1 Å². The molecule has 5 heterocycles. The lowest BCUT2D eigenvalue weighted by molar-refractivity contribution is 0.0377. The average molecular weight is 420 g/mol. The molecule has 0 bridgehead atoms. The van der Waals surface area contributed by atoms with E-state index >= 15 is 0 Å². The Balaban J connectivity index is 1.38. The molecule has 8 nitrogen and oxygen atoms in total. The Bertz CT molecular complexity index is 1170. The van der Waals surface area contributed by atoms with Crippen molar-refractivity contribution in [3.8, 4) is 17.3 Å². The first-order chi connectivity index (χ1) is 14.7. The van der Waals surface area contributed by atoms with Crippen LogP contribution in [0.4, 0.5) is 0 Å². The number of amides is 1. The van der Waals surface area contributed by atoms with Gasteiger partial charge in [0.1, 0.15) is 11.6 Å². The van der Waals surface area contributed by atoms with E-state index in [1.807, 2.05) is 21.7 Å². The normalized spacial score (nSPS) is 19.2. The maximum Gasteiger partial charge on any atom is 0.255 e. The van der Waals surface area contributed by atoms with Gasteiger partial charge in [-0.3, -0.25) is 4.79 Å². The number of piperidine rings is 1. The molecular weight excluding hydrogens is 400 g/mol. The van der Waals surface area contributed by atoms with Crippen LogP contribution in [-0.2, 0) is 0 Å². The molecule has 0 saturated carbocycles. The van der Waals surface area contributed by atoms with Crippen LogP contribution in [0.5, 0.6) is 5.88 Å². The third-order valence-corrected chi connectivity index (χ3v) is 6.11. The topological polar surface area (TPSA) is 85.5 Å². The first-order valence-electron chi connectivity index (χ1n) is 9.80. The van der Waals surface area contributed by atoms with Gasteiger partial charge in [-0.2, -0.15) is 16.4 Å². The monoisotopic (exact) mass is 420 g/mol. The highest BCUT2D eigenvalue weighted by Gasteiger charge is 2.32. The Labute approximate surface area is 177 Å². The summed E-state index contributed by atoms with van der Waals surface area (Å²) in [6, 6.07) is 3.76. The van der Waals surface area contributed by atoms with Crippen molar-refractivity contribution >= 4 is 22.8 Å². The number of likely N-dealkylation sites (tertiary alicyclic amines) is 1. The summed E-state index contributed by atoms with van der Waals surface area (Å²) in [5.74, 6) is 1.09. The molecule has 1 saturated heterocycles. The first kappa shape index (κ1) is 18.7. The minimum Gasteiger partial charge on any atom is -0.471 e. The Morgan fingerprint density at radius 1 is 1.13 bits per heavy atom. The second-order valence-corrected chi connectivity index (χ2v) is 8.03. The third kappa shape index (κ3) is 3.41. The summed E-state index contributed by atoms with van der Waals surface area (Å²) >= 11 is 1.48. The van der Waals surface area contributed by atoms with Crippen molar-refractivity contribution in [2.75, 3.05) is 6.54 Å². The smallest absolute Gasteiger partial charge is 0.255 e. The number of hydrogen-bond acceptors (Lipinski definition) is 7. The quantitative estimate of drug-likeness (QED) is 0.503. The maximum absolute atomic E-state index is 13.4. The predicted molar refractivity (Wildman–Crippen MR) is 112 cm³/mol. The lowest BCUT2D eigenvalue weighted by atomic mass is 9.99. The highest BCUT2D eigenvalue weighted by atomic mass is 32.1. The maximum atomic E-state index is 13.4. The molecule has 1 amide bonds. The van der Waals surface area contributed by atoms with Gasteiger partial charge in [0, 0.05) is 47.2 Å². The molecule has 1 aliphatic heterocycles. The highest BCUT2D eigenvalue weighted by molar-refractivity contribution is 7.08. The van der Waals surface area contributed by atoms with Crippen LogP contribution in [0.1, 0.15) is 30.1 Å². The number of carbonyl (C=O) groups is 1. The van der Waals surface area contributed by atoms with Gasteiger partial charge >= 0.3 is 0 Å². The Hall–Kier alpha value is -3.33. The van der Waals surface area contributed by atoms with Crippen LogP contribution in [0, 0.1) is 0 Å². The number of rotatable bonds is 4. The summed E-state index contributed by atoms with van der Waals surface area (Å²) in [5, 5.41) is 8.02. The fraction of sp³-hybridized carbons (Fsp3) is 0.286. The number of ether oxygens (including phenoxy) is 1. The van der Waals surface area contributed by atoms with E-state index in [0.29, 0.717) is 23.8 Å². The lowest BCUT2D eigenvalue weighted by Crippen LogP contribution is -2.49. The van der Waals surface area contributed by atoms with E-state index in [0.717, 1.165) is 23.9 Å². The van der Waals surface area contributed by atoms with Gasteiger partial charge in [-0.05, 0) is 31.9 Å². The SMILES string of the molecule is C[C@@H]1CC[C@@H](Oc2nccn3nccc23)CN1C(=O)c1cscc1-c1ncccn1. The van der Waals surface area contributed by atoms with Crippen LogP contribution < -0.4 is 4.74 Å². The van der Waals surface area contributed by atoms with Gasteiger partial charge < -0.3 is 9.64 Å². The average Bonchev–Trinajstić information content (AvgIpc) is 3.45. The van der Waals surface area contributed by atoms with Crippen LogP contribution in [0.25, 0.3) is 16.9 Å². The van der Waals surface area contributed by atoms with Crippen LogP contribution in [0.2, 0.25) is 0 Å². The Morgan fingerprint density at radius 3 is 2.87 bits per heavy atom. The number of thiophene rings is 1. The first-order valence-corrected chi connectivity index (χ1v) is 10.7. The number of fused-ring (bicyclic) bond motifs is 1. The van der Waals surface area contributed by atoms with Crippen molar-refractivity contribution in [1.29, 1.82) is 0 Å². The van der Waals surface area contributed by atoms with Gasteiger partial charge in [0.05, 0.1) is 18.3 Å². The molecule has 0 N–H and O–H groups in total. The summed E-state index contributed by atoms with van der Waals surface area (Å²) in [6.45, 7) is 2.58. The van der Waals surface area contributed by atoms with Crippen molar-refractivity contribution in [3.63, 3.8) is 0 Å². The minimum atomic E-state index is -0.131. The standard InChI is InChI=1S/C21H20N6O2S/c1-14-3-4-15(29-20-18-5-8-25-27(18)10-9-24-20)11-26(14)21(28)17-13-30-12-16(17)19-22-6-2-7-23-19/h2,5-10,12-15H,3-4,11H2,1H3/t14-,15-/m1/s1. The number of aromatic nitrogens is 5. The number of carbonyl (C=O) groups excluding carboxylic acids is 1. The predicted octanol–water partition coefficient (Wildman–Crippen LogP) is 3.32. The van der Waals surface area contributed by atoms with E-state index in [9.17, 15) is 4.79 Å². The zero-order valence-corrected chi connectivity index (χ0v) is 17.2. The fourth-order valence-corrected chi connectivity index (χ4v) is 4.56. The molecule has 1 aliphatic rings. The largest absolute Gasteiger partial charge is 0.471 e. The molecule has 5 rings (SSSR count). The number of hydrogen-bond donors (Lipinski definition) is 0. The van der Waals surface area contributed by atoms with Gasteiger partial charge in [-0.25, -0.2) is 19.5 Å². The molecule has 0 radical (unpaired) electrons. The van der Waals surface area contributed by atoms with E-state index in [1.54, 1.807) is 41.6 Å². The summed E-state index contributed by atoms with van der Waals surface area (Å²) in [6.07, 6.45) is 10.1. The van der Waals surface area contributed by atoms with E-state index < -0.39 is 0 Å². The second-order valence-electron chi connectivity index (χ2n) is 7.29. The summed E-state index contributed by atoms with van der Waals surface area (Å²) < 4.78 is 7.93. The van der Waals surface area contributed by atoms with E-state index in [-0.39, 0.29) is 18.1 Å². The second kappa shape index (κ2) is 7.83. The fourth-order valence-electron chi connectivity index (χ4n) is 3.76. The van der Waals surface area contributed by atoms with Crippen molar-refractivity contribution in [2.24, 2.45) is 0 Å². The molecule has 2 atom stereocenters. The van der Waals surface area contributed by atoms with E-state index in [4.69, 9.17) is 4.74 Å². The summed E-state index contributed by atoms with van der Waals surface area (Å²) in [5.41, 5.74) is 2.22. The van der Waals surface area contributed by atoms with E-state index in [1.165, 1.54) is 11.3 Å². The minimum absolute atomic E-state index is 0.0185. The van der Waals surface area contributed by atoms with Gasteiger partial charge in [-0.1, -0.05) is 0 Å². The summed E-state index contributed by atoms with van der Waals surface area (Å²) in [7, 11) is 0. The summed E-state index contributed by atoms with van der Waals surface area (Å²) in [4.78, 5) is 28.3. The molecule has 1 fully saturated rings. The van der Waals surface area contributed by atoms with Gasteiger partial charge in [0.15, 0.2) is 5.82 Å². The molecule has 0 aromatic carbocycles. The van der Waals surface area contributed by atoms with Crippen molar-refractivity contribution in [3.05, 3.63) is 59.4 Å². The highest BCUT2D eigenvalue weighted by Crippen LogP contribution is 2.29. The molecule has 0 aliphatic carbocycles. The zero-order chi connectivity index (χ0) is 20.5. The Morgan fingerprint density at radius 2 is 2.00 bits per heavy atom. The molecular formula is C21H20N6O2S. The van der Waals surface area contributed by atoms with Crippen molar-refractivity contribution < 1.29 is 9.53 Å². The third-order valence-electron chi connectivity index (χ3n) is 5.37. The van der Waals surface area contributed by atoms with Crippen LogP contribution in [0.15, 0.2) is 53.9 Å². The van der Waals surface area contributed by atoms with Crippen molar-refractivity contribution in [2.45, 2.75) is 31.9 Å². The van der Waals surface area contributed by atoms with Gasteiger partial charge in [-0.15, -0.1) is 0 Å². The van der Waals surface area contributed by atoms with Gasteiger partial charge in [0.2, 0.25) is 5.88 Å². The number of nitrogens with zero attached hydrogens (tertiary/aromatic N) is 6. The lowest BCUT2D eigenvalue weighted by Gasteiger charge is -2.37.